The fourth-order valence-electron chi connectivity index (χ4n) is 2.77. The van der Waals surface area contributed by atoms with Crippen LogP contribution < -0.4 is 16.0 Å². The monoisotopic (exact) mass is 283 g/mol. The predicted octanol–water partition coefficient (Wildman–Crippen LogP) is -0.458. The minimum Gasteiger partial charge on any atom is -0.384 e. The maximum absolute atomic E-state index is 11.4. The van der Waals surface area contributed by atoms with E-state index >= 15 is 0 Å². The highest BCUT2D eigenvalue weighted by molar-refractivity contribution is 7.81. The van der Waals surface area contributed by atoms with Gasteiger partial charge in [-0.05, 0) is 11.1 Å². The Morgan fingerprint density at radius 2 is 2.11 bits per heavy atom. The molecule has 1 aliphatic carbocycles. The lowest BCUT2D eigenvalue weighted by Gasteiger charge is -2.41. The average Bonchev–Trinajstić information content (AvgIpc) is 2.35. The first kappa shape index (κ1) is 11.5. The van der Waals surface area contributed by atoms with Gasteiger partial charge in [0.1, 0.15) is 0 Å². The van der Waals surface area contributed by atoms with Crippen LogP contribution in [-0.2, 0) is 18.8 Å². The van der Waals surface area contributed by atoms with Gasteiger partial charge in [-0.25, -0.2) is 13.7 Å². The number of hydrogen-bond donors (Lipinski definition) is 3. The molecule has 0 aromatic heterocycles. The van der Waals surface area contributed by atoms with Crippen molar-refractivity contribution >= 4 is 10.4 Å². The molecule has 3 N–H and O–H groups in total. The molecular weight excluding hydrogens is 270 g/mol. The van der Waals surface area contributed by atoms with Crippen molar-refractivity contribution in [3.63, 3.8) is 0 Å². The van der Waals surface area contributed by atoms with Crippen LogP contribution in [0.4, 0.5) is 0 Å². The Kier molecular flexibility index (Phi) is 2.31. The summed E-state index contributed by atoms with van der Waals surface area (Å²) in [6.45, 7) is 0.803. The Bertz CT molecular complexity index is 634. The van der Waals surface area contributed by atoms with Crippen molar-refractivity contribution in [2.75, 3.05) is 6.54 Å². The van der Waals surface area contributed by atoms with Gasteiger partial charge in [-0.1, -0.05) is 12.2 Å². The second kappa shape index (κ2) is 3.83. The van der Waals surface area contributed by atoms with E-state index in [1.165, 1.54) is 5.57 Å². The standard InChI is InChI=1S/C11H13N3O4S/c15-19(16)17-10-7-5-8-6(2-1-3-12-8)4-9(7)13-11(14-10)18-19/h1-2,10-14H,3-5H2. The maximum atomic E-state index is 11.4. The van der Waals surface area contributed by atoms with Crippen molar-refractivity contribution in [2.24, 2.45) is 0 Å². The average molecular weight is 283 g/mol. The molecule has 7 nitrogen and oxygen atoms in total. The molecule has 2 bridgehead atoms. The summed E-state index contributed by atoms with van der Waals surface area (Å²) in [6, 6.07) is 0. The van der Waals surface area contributed by atoms with Gasteiger partial charge in [-0.15, -0.1) is 0 Å². The molecule has 1 saturated heterocycles. The van der Waals surface area contributed by atoms with E-state index in [0.29, 0.717) is 6.42 Å². The molecule has 19 heavy (non-hydrogen) atoms. The Balaban J connectivity index is 1.69. The van der Waals surface area contributed by atoms with Crippen LogP contribution in [0.5, 0.6) is 0 Å². The van der Waals surface area contributed by atoms with E-state index in [-0.39, 0.29) is 0 Å². The molecule has 1 fully saturated rings. The van der Waals surface area contributed by atoms with Gasteiger partial charge in [0.25, 0.3) is 0 Å². The molecule has 0 radical (unpaired) electrons. The lowest BCUT2D eigenvalue weighted by molar-refractivity contribution is -0.00185. The van der Waals surface area contributed by atoms with Crippen molar-refractivity contribution in [3.05, 3.63) is 34.7 Å². The van der Waals surface area contributed by atoms with Gasteiger partial charge in [0.05, 0.1) is 0 Å². The highest BCUT2D eigenvalue weighted by Crippen LogP contribution is 2.35. The summed E-state index contributed by atoms with van der Waals surface area (Å²) >= 11 is 0. The summed E-state index contributed by atoms with van der Waals surface area (Å²) in [5.41, 5.74) is 4.26. The molecule has 2 atom stereocenters. The maximum Gasteiger partial charge on any atom is 0.404 e. The van der Waals surface area contributed by atoms with Crippen molar-refractivity contribution in [1.82, 2.24) is 16.0 Å². The largest absolute Gasteiger partial charge is 0.404 e. The lowest BCUT2D eigenvalue weighted by Crippen LogP contribution is -2.60. The van der Waals surface area contributed by atoms with E-state index < -0.39 is 23.0 Å². The van der Waals surface area contributed by atoms with Gasteiger partial charge in [0.15, 0.2) is 6.23 Å². The van der Waals surface area contributed by atoms with E-state index in [4.69, 9.17) is 8.37 Å². The van der Waals surface area contributed by atoms with Crippen LogP contribution in [0.25, 0.3) is 0 Å². The minimum atomic E-state index is -3.93. The minimum absolute atomic E-state index is 0.637. The van der Waals surface area contributed by atoms with E-state index in [1.54, 1.807) is 0 Å². The van der Waals surface area contributed by atoms with Crippen molar-refractivity contribution in [3.8, 4) is 0 Å². The molecule has 0 aromatic carbocycles. The van der Waals surface area contributed by atoms with Crippen LogP contribution >= 0.6 is 0 Å². The molecule has 0 amide bonds. The Labute approximate surface area is 110 Å². The molecule has 0 aromatic rings. The first-order valence-electron chi connectivity index (χ1n) is 6.09. The van der Waals surface area contributed by atoms with E-state index in [2.05, 4.69) is 28.1 Å². The quantitative estimate of drug-likeness (QED) is 0.554. The van der Waals surface area contributed by atoms with Gasteiger partial charge in [-0.2, -0.15) is 8.42 Å². The number of fused-ring (bicyclic) bond motifs is 3. The third kappa shape index (κ3) is 1.88. The third-order valence-electron chi connectivity index (χ3n) is 3.61. The first-order valence-corrected chi connectivity index (χ1v) is 7.42. The summed E-state index contributed by atoms with van der Waals surface area (Å²) in [6.07, 6.45) is 4.18. The normalized spacial score (nSPS) is 35.2. The fourth-order valence-corrected chi connectivity index (χ4v) is 3.56. The van der Waals surface area contributed by atoms with Crippen molar-refractivity contribution < 1.29 is 16.8 Å². The van der Waals surface area contributed by atoms with Gasteiger partial charge >= 0.3 is 10.4 Å². The van der Waals surface area contributed by atoms with Gasteiger partial charge < -0.3 is 10.6 Å². The highest BCUT2D eigenvalue weighted by atomic mass is 32.3. The van der Waals surface area contributed by atoms with Gasteiger partial charge in [0.2, 0.25) is 6.35 Å². The third-order valence-corrected chi connectivity index (χ3v) is 4.47. The van der Waals surface area contributed by atoms with Crippen LogP contribution in [-0.4, -0.2) is 27.5 Å². The molecule has 102 valence electrons. The Morgan fingerprint density at radius 3 is 3.00 bits per heavy atom. The van der Waals surface area contributed by atoms with E-state index in [0.717, 1.165) is 29.9 Å². The molecule has 3 aliphatic heterocycles. The zero-order chi connectivity index (χ0) is 13.0. The van der Waals surface area contributed by atoms with Crippen LogP contribution in [0.3, 0.4) is 0 Å². The SMILES string of the molecule is O=S1(=O)OC2NC3=C(CC4=C(C=CCN4)C3)C(N2)O1. The topological polar surface area (TPSA) is 88.7 Å². The Hall–Kier alpha value is -1.35. The summed E-state index contributed by atoms with van der Waals surface area (Å²) < 4.78 is 32.6. The van der Waals surface area contributed by atoms with Crippen LogP contribution in [0.1, 0.15) is 12.8 Å². The summed E-state index contributed by atoms with van der Waals surface area (Å²) in [7, 11) is -3.93. The zero-order valence-electron chi connectivity index (χ0n) is 9.97. The van der Waals surface area contributed by atoms with Crippen LogP contribution in [0.15, 0.2) is 34.7 Å². The van der Waals surface area contributed by atoms with Gasteiger partial charge in [0, 0.05) is 30.8 Å². The van der Waals surface area contributed by atoms with E-state index in [9.17, 15) is 8.42 Å². The lowest BCUT2D eigenvalue weighted by atomic mass is 9.89. The summed E-state index contributed by atoms with van der Waals surface area (Å²) in [5, 5.41) is 9.32. The second-order valence-electron chi connectivity index (χ2n) is 4.82. The van der Waals surface area contributed by atoms with Crippen molar-refractivity contribution in [1.29, 1.82) is 0 Å². The Morgan fingerprint density at radius 1 is 1.21 bits per heavy atom. The predicted molar refractivity (Wildman–Crippen MR) is 65.4 cm³/mol. The molecule has 3 heterocycles. The second-order valence-corrected chi connectivity index (χ2v) is 6.02. The smallest absolute Gasteiger partial charge is 0.384 e. The molecule has 0 spiro atoms. The number of nitrogens with one attached hydrogen (secondary N) is 3. The number of allylic oxidation sites excluding steroid dienone is 3. The molecular formula is C11H13N3O4S. The molecule has 8 heteroatoms. The summed E-state index contributed by atoms with van der Waals surface area (Å²) in [4.78, 5) is 0. The number of hydrogen-bond acceptors (Lipinski definition) is 7. The number of dihydropyridines is 1. The first-order chi connectivity index (χ1) is 9.11. The zero-order valence-corrected chi connectivity index (χ0v) is 10.8. The van der Waals surface area contributed by atoms with Crippen molar-refractivity contribution in [2.45, 2.75) is 25.4 Å². The van der Waals surface area contributed by atoms with Gasteiger partial charge in [-0.3, -0.25) is 0 Å². The summed E-state index contributed by atoms with van der Waals surface area (Å²) in [5.74, 6) is 0. The van der Waals surface area contributed by atoms with Crippen LogP contribution in [0.2, 0.25) is 0 Å². The highest BCUT2D eigenvalue weighted by Gasteiger charge is 2.41. The number of rotatable bonds is 0. The fraction of sp³-hybridized carbons (Fsp3) is 0.455. The van der Waals surface area contributed by atoms with E-state index in [1.807, 2.05) is 0 Å². The molecule has 4 aliphatic rings. The molecule has 0 saturated carbocycles. The molecule has 4 rings (SSSR count). The molecule has 2 unspecified atom stereocenters. The van der Waals surface area contributed by atoms with Crippen LogP contribution in [0, 0.1) is 0 Å².